The van der Waals surface area contributed by atoms with Crippen LogP contribution in [0.25, 0.3) is 10.8 Å². The van der Waals surface area contributed by atoms with Gasteiger partial charge < -0.3 is 10.1 Å². The van der Waals surface area contributed by atoms with Crippen LogP contribution in [-0.4, -0.2) is 31.6 Å². The minimum Gasteiger partial charge on any atom is -0.496 e. The quantitative estimate of drug-likeness (QED) is 0.418. The number of nitrogens with one attached hydrogen (secondary N) is 2. The molecule has 0 fully saturated rings. The fraction of sp³-hybridized carbons (Fsp3) is 0.136. The Hall–Kier alpha value is -3.50. The molecule has 0 saturated heterocycles. The molecule has 0 atom stereocenters. The van der Waals surface area contributed by atoms with Gasteiger partial charge in [0.15, 0.2) is 0 Å². The lowest BCUT2D eigenvalue weighted by Gasteiger charge is -2.12. The first kappa shape index (κ1) is 21.7. The molecule has 0 aliphatic heterocycles. The Labute approximate surface area is 189 Å². The van der Waals surface area contributed by atoms with Gasteiger partial charge in [0.1, 0.15) is 10.8 Å². The highest BCUT2D eigenvalue weighted by molar-refractivity contribution is 7.93. The summed E-state index contributed by atoms with van der Waals surface area (Å²) in [4.78, 5) is 12.9. The van der Waals surface area contributed by atoms with Crippen molar-refractivity contribution in [3.05, 3.63) is 71.2 Å². The van der Waals surface area contributed by atoms with Crippen LogP contribution in [0.15, 0.2) is 65.6 Å². The summed E-state index contributed by atoms with van der Waals surface area (Å²) in [6.07, 6.45) is 0.676. The fourth-order valence-electron chi connectivity index (χ4n) is 3.09. The molecule has 3 aromatic carbocycles. The molecule has 164 valence electrons. The zero-order valence-electron chi connectivity index (χ0n) is 17.3. The number of nitrogens with zero attached hydrogens (tertiary/aromatic N) is 2. The van der Waals surface area contributed by atoms with E-state index in [-0.39, 0.29) is 15.9 Å². The molecule has 0 saturated carbocycles. The maximum Gasteiger partial charge on any atom is 0.263 e. The summed E-state index contributed by atoms with van der Waals surface area (Å²) in [6, 6.07) is 17.1. The van der Waals surface area contributed by atoms with Gasteiger partial charge in [-0.25, -0.2) is 8.42 Å². The Morgan fingerprint density at radius 3 is 2.34 bits per heavy atom. The molecular formula is C22H20N4O4S2. The number of sulfonamides is 1. The molecule has 4 rings (SSSR count). The number of hydrogen-bond donors (Lipinski definition) is 2. The number of amides is 1. The summed E-state index contributed by atoms with van der Waals surface area (Å²) in [5.74, 6) is 0.0930. The SMILES string of the molecule is CCc1nnc(NS(=O)(=O)c2ccc(NC(=O)c3cc4ccccc4cc3OC)cc2)s1. The van der Waals surface area contributed by atoms with Gasteiger partial charge in [0.25, 0.3) is 15.9 Å². The zero-order valence-corrected chi connectivity index (χ0v) is 19.0. The number of hydrogen-bond acceptors (Lipinski definition) is 7. The standard InChI is InChI=1S/C22H20N4O4S2/c1-3-20-24-25-22(31-20)26-32(28,29)17-10-8-16(9-11-17)23-21(27)18-12-14-6-4-5-7-15(14)13-19(18)30-2/h4-13H,3H2,1-2H3,(H,23,27)(H,25,26). The van der Waals surface area contributed by atoms with Crippen molar-refractivity contribution < 1.29 is 17.9 Å². The van der Waals surface area contributed by atoms with Crippen molar-refractivity contribution >= 4 is 48.9 Å². The van der Waals surface area contributed by atoms with Crippen molar-refractivity contribution in [2.45, 2.75) is 18.2 Å². The molecule has 4 aromatic rings. The maximum absolute atomic E-state index is 12.9. The Kier molecular flexibility index (Phi) is 6.06. The molecule has 0 aliphatic rings. The predicted octanol–water partition coefficient (Wildman–Crippen LogP) is 4.32. The molecule has 1 heterocycles. The average Bonchev–Trinajstić information content (AvgIpc) is 3.25. The van der Waals surface area contributed by atoms with E-state index in [0.717, 1.165) is 15.8 Å². The highest BCUT2D eigenvalue weighted by Gasteiger charge is 2.18. The second-order valence-electron chi connectivity index (χ2n) is 6.84. The van der Waals surface area contributed by atoms with Crippen LogP contribution in [0.2, 0.25) is 0 Å². The molecule has 2 N–H and O–H groups in total. The van der Waals surface area contributed by atoms with Gasteiger partial charge in [0.2, 0.25) is 5.13 Å². The second-order valence-corrected chi connectivity index (χ2v) is 9.58. The summed E-state index contributed by atoms with van der Waals surface area (Å²) >= 11 is 1.19. The molecule has 0 radical (unpaired) electrons. The van der Waals surface area contributed by atoms with Crippen molar-refractivity contribution in [2.24, 2.45) is 0 Å². The van der Waals surface area contributed by atoms with E-state index in [2.05, 4.69) is 20.2 Å². The fourth-order valence-corrected chi connectivity index (χ4v) is 5.00. The number of carbonyl (C=O) groups excluding carboxylic acids is 1. The number of anilines is 2. The van der Waals surface area contributed by atoms with Crippen LogP contribution in [-0.2, 0) is 16.4 Å². The van der Waals surface area contributed by atoms with Gasteiger partial charge >= 0.3 is 0 Å². The molecular weight excluding hydrogens is 448 g/mol. The molecule has 1 amide bonds. The number of methoxy groups -OCH3 is 1. The van der Waals surface area contributed by atoms with E-state index in [1.165, 1.54) is 42.7 Å². The lowest BCUT2D eigenvalue weighted by Crippen LogP contribution is -2.14. The molecule has 32 heavy (non-hydrogen) atoms. The van der Waals surface area contributed by atoms with Crippen molar-refractivity contribution in [1.29, 1.82) is 0 Å². The van der Waals surface area contributed by atoms with Gasteiger partial charge in [0.05, 0.1) is 17.6 Å². The summed E-state index contributed by atoms with van der Waals surface area (Å²) < 4.78 is 33.0. The summed E-state index contributed by atoms with van der Waals surface area (Å²) in [5, 5.41) is 13.3. The first-order valence-corrected chi connectivity index (χ1v) is 12.0. The highest BCUT2D eigenvalue weighted by Crippen LogP contribution is 2.27. The predicted molar refractivity (Wildman–Crippen MR) is 125 cm³/mol. The van der Waals surface area contributed by atoms with E-state index in [1.807, 2.05) is 37.3 Å². The third-order valence-electron chi connectivity index (χ3n) is 4.73. The van der Waals surface area contributed by atoms with E-state index in [4.69, 9.17) is 4.74 Å². The first-order valence-electron chi connectivity index (χ1n) is 9.73. The van der Waals surface area contributed by atoms with Crippen LogP contribution in [0.4, 0.5) is 10.8 Å². The average molecular weight is 469 g/mol. The van der Waals surface area contributed by atoms with Gasteiger partial charge in [-0.1, -0.05) is 42.5 Å². The first-order chi connectivity index (χ1) is 15.4. The second kappa shape index (κ2) is 8.93. The minimum absolute atomic E-state index is 0.0482. The van der Waals surface area contributed by atoms with Crippen LogP contribution < -0.4 is 14.8 Å². The Bertz CT molecular complexity index is 1380. The summed E-state index contributed by atoms with van der Waals surface area (Å²) in [7, 11) is -2.31. The van der Waals surface area contributed by atoms with Crippen molar-refractivity contribution in [3.8, 4) is 5.75 Å². The van der Waals surface area contributed by atoms with E-state index in [9.17, 15) is 13.2 Å². The van der Waals surface area contributed by atoms with Crippen LogP contribution >= 0.6 is 11.3 Å². The Balaban J connectivity index is 1.52. The Morgan fingerprint density at radius 1 is 1.03 bits per heavy atom. The van der Waals surface area contributed by atoms with Crippen LogP contribution in [0, 0.1) is 0 Å². The number of rotatable bonds is 7. The summed E-state index contributed by atoms with van der Waals surface area (Å²) in [6.45, 7) is 1.92. The molecule has 10 heteroatoms. The number of fused-ring (bicyclic) bond motifs is 1. The van der Waals surface area contributed by atoms with E-state index in [0.29, 0.717) is 23.4 Å². The van der Waals surface area contributed by atoms with Crippen molar-refractivity contribution in [1.82, 2.24) is 10.2 Å². The lowest BCUT2D eigenvalue weighted by atomic mass is 10.1. The van der Waals surface area contributed by atoms with Crippen LogP contribution in [0.1, 0.15) is 22.3 Å². The number of aryl methyl sites for hydroxylation is 1. The van der Waals surface area contributed by atoms with Crippen molar-refractivity contribution in [2.75, 3.05) is 17.1 Å². The third kappa shape index (κ3) is 4.56. The van der Waals surface area contributed by atoms with Crippen LogP contribution in [0.5, 0.6) is 5.75 Å². The smallest absolute Gasteiger partial charge is 0.263 e. The minimum atomic E-state index is -3.82. The van der Waals surface area contributed by atoms with E-state index in [1.54, 1.807) is 6.07 Å². The summed E-state index contributed by atoms with van der Waals surface area (Å²) in [5.41, 5.74) is 0.834. The normalized spacial score (nSPS) is 11.3. The number of carbonyl (C=O) groups is 1. The van der Waals surface area contributed by atoms with E-state index >= 15 is 0 Å². The number of ether oxygens (including phenoxy) is 1. The van der Waals surface area contributed by atoms with Gasteiger partial charge in [-0.3, -0.25) is 9.52 Å². The van der Waals surface area contributed by atoms with Gasteiger partial charge in [-0.15, -0.1) is 10.2 Å². The largest absolute Gasteiger partial charge is 0.496 e. The van der Waals surface area contributed by atoms with Crippen LogP contribution in [0.3, 0.4) is 0 Å². The van der Waals surface area contributed by atoms with Gasteiger partial charge in [0, 0.05) is 5.69 Å². The highest BCUT2D eigenvalue weighted by atomic mass is 32.2. The molecule has 0 bridgehead atoms. The number of benzene rings is 3. The van der Waals surface area contributed by atoms with E-state index < -0.39 is 10.0 Å². The molecule has 0 spiro atoms. The van der Waals surface area contributed by atoms with Crippen molar-refractivity contribution in [3.63, 3.8) is 0 Å². The Morgan fingerprint density at radius 2 is 1.72 bits per heavy atom. The number of aromatic nitrogens is 2. The topological polar surface area (TPSA) is 110 Å². The molecule has 8 nitrogen and oxygen atoms in total. The van der Waals surface area contributed by atoms with Gasteiger partial charge in [-0.2, -0.15) is 0 Å². The lowest BCUT2D eigenvalue weighted by molar-refractivity contribution is 0.102. The monoisotopic (exact) mass is 468 g/mol. The molecule has 0 unspecified atom stereocenters. The maximum atomic E-state index is 12.9. The molecule has 0 aliphatic carbocycles. The zero-order chi connectivity index (χ0) is 22.7. The van der Waals surface area contributed by atoms with Gasteiger partial charge in [-0.05, 0) is 53.6 Å². The molecule has 1 aromatic heterocycles. The third-order valence-corrected chi connectivity index (χ3v) is 7.19.